The predicted octanol–water partition coefficient (Wildman–Crippen LogP) is 7.68. The summed E-state index contributed by atoms with van der Waals surface area (Å²) in [5, 5.41) is 9.70. The van der Waals surface area contributed by atoms with Crippen LogP contribution in [0.4, 0.5) is 0 Å². The fourth-order valence-electron chi connectivity index (χ4n) is 3.67. The second-order valence-corrected chi connectivity index (χ2v) is 8.80. The molecule has 0 spiro atoms. The Morgan fingerprint density at radius 3 is 1.83 bits per heavy atom. The van der Waals surface area contributed by atoms with Crippen molar-refractivity contribution in [2.45, 2.75) is 104 Å². The highest BCUT2D eigenvalue weighted by atomic mass is 16.5. The molecule has 1 N–H and O–H groups in total. The van der Waals surface area contributed by atoms with Gasteiger partial charge in [0.1, 0.15) is 17.1 Å². The van der Waals surface area contributed by atoms with Gasteiger partial charge in [0.2, 0.25) is 0 Å². The minimum atomic E-state index is -0.556. The number of rotatable bonds is 18. The summed E-state index contributed by atoms with van der Waals surface area (Å²) in [5.74, 6) is 0.807. The van der Waals surface area contributed by atoms with E-state index in [1.165, 1.54) is 96.3 Å². The van der Waals surface area contributed by atoms with E-state index in [2.05, 4.69) is 18.6 Å². The van der Waals surface area contributed by atoms with E-state index in [9.17, 15) is 9.90 Å². The molecule has 0 saturated heterocycles. The number of phenols is 1. The molecule has 0 fully saturated rings. The first-order valence-electron chi connectivity index (χ1n) is 12.1. The van der Waals surface area contributed by atoms with Crippen LogP contribution in [0.5, 0.6) is 11.5 Å². The molecule has 0 aliphatic carbocycles. The van der Waals surface area contributed by atoms with Crippen molar-refractivity contribution in [3.05, 3.63) is 23.8 Å². The minimum Gasteiger partial charge on any atom is -0.507 e. The third kappa shape index (κ3) is 12.8. The van der Waals surface area contributed by atoms with E-state index >= 15 is 0 Å². The fraction of sp³-hybridized carbons (Fsp3) is 0.731. The molecule has 1 rings (SSSR count). The van der Waals surface area contributed by atoms with Gasteiger partial charge >= 0.3 is 5.97 Å². The van der Waals surface area contributed by atoms with Gasteiger partial charge in [-0.1, -0.05) is 97.3 Å². The molecule has 30 heavy (non-hydrogen) atoms. The quantitative estimate of drug-likeness (QED) is 0.195. The maximum atomic E-state index is 11.6. The van der Waals surface area contributed by atoms with Gasteiger partial charge in [0.25, 0.3) is 0 Å². The van der Waals surface area contributed by atoms with E-state index in [0.717, 1.165) is 18.8 Å². The van der Waals surface area contributed by atoms with Gasteiger partial charge in [0.05, 0.1) is 13.7 Å². The van der Waals surface area contributed by atoms with Crippen molar-refractivity contribution >= 4 is 5.97 Å². The van der Waals surface area contributed by atoms with Crippen molar-refractivity contribution in [1.29, 1.82) is 0 Å². The molecule has 0 heterocycles. The van der Waals surface area contributed by atoms with Crippen LogP contribution in [0.1, 0.15) is 114 Å². The molecule has 4 nitrogen and oxygen atoms in total. The molecule has 4 heteroatoms. The van der Waals surface area contributed by atoms with Gasteiger partial charge in [0.15, 0.2) is 0 Å². The van der Waals surface area contributed by atoms with Gasteiger partial charge < -0.3 is 14.6 Å². The third-order valence-corrected chi connectivity index (χ3v) is 5.57. The first-order chi connectivity index (χ1) is 14.5. The monoisotopic (exact) mass is 420 g/mol. The molecule has 0 amide bonds. The molecule has 1 aromatic carbocycles. The maximum Gasteiger partial charge on any atom is 0.341 e. The summed E-state index contributed by atoms with van der Waals surface area (Å²) in [4.78, 5) is 11.6. The number of unbranched alkanes of at least 4 members (excludes halogenated alkanes) is 12. The van der Waals surface area contributed by atoms with Crippen LogP contribution in [0.3, 0.4) is 0 Å². The number of hydrogen-bond acceptors (Lipinski definition) is 4. The van der Waals surface area contributed by atoms with E-state index in [0.29, 0.717) is 12.4 Å². The second kappa shape index (κ2) is 17.0. The Kier molecular flexibility index (Phi) is 14.9. The van der Waals surface area contributed by atoms with Gasteiger partial charge in [0, 0.05) is 0 Å². The summed E-state index contributed by atoms with van der Waals surface area (Å²) in [5.41, 5.74) is 0.140. The summed E-state index contributed by atoms with van der Waals surface area (Å²) in [7, 11) is 1.30. The summed E-state index contributed by atoms with van der Waals surface area (Å²) < 4.78 is 10.4. The molecule has 1 aromatic rings. The summed E-state index contributed by atoms with van der Waals surface area (Å²) in [6, 6.07) is 4.68. The Hall–Kier alpha value is -1.71. The Labute approximate surface area is 184 Å². The average Bonchev–Trinajstić information content (AvgIpc) is 2.73. The van der Waals surface area contributed by atoms with Crippen molar-refractivity contribution in [3.8, 4) is 11.5 Å². The van der Waals surface area contributed by atoms with Crippen LogP contribution in [-0.2, 0) is 4.74 Å². The maximum absolute atomic E-state index is 11.6. The number of carbonyl (C=O) groups is 1. The van der Waals surface area contributed by atoms with Crippen LogP contribution in [0.2, 0.25) is 0 Å². The molecule has 0 saturated carbocycles. The molecule has 0 unspecified atom stereocenters. The Morgan fingerprint density at radius 2 is 1.33 bits per heavy atom. The number of methoxy groups -OCH3 is 1. The summed E-state index contributed by atoms with van der Waals surface area (Å²) >= 11 is 0. The van der Waals surface area contributed by atoms with Crippen molar-refractivity contribution in [1.82, 2.24) is 0 Å². The lowest BCUT2D eigenvalue weighted by Crippen LogP contribution is -2.03. The lowest BCUT2D eigenvalue weighted by atomic mass is 10.0. The standard InChI is InChI=1S/C26H44O4/c1-22(2)17-15-13-11-9-7-5-4-6-8-10-12-14-16-20-30-23-18-19-25(27)24(21-23)26(28)29-3/h18-19,21-22,27H,4-17,20H2,1-3H3. The number of esters is 1. The zero-order valence-corrected chi connectivity index (χ0v) is 19.6. The lowest BCUT2D eigenvalue weighted by molar-refractivity contribution is 0.0597. The Bertz CT molecular complexity index is 568. The fourth-order valence-corrected chi connectivity index (χ4v) is 3.67. The van der Waals surface area contributed by atoms with Crippen LogP contribution in [0.15, 0.2) is 18.2 Å². The molecular formula is C26H44O4. The number of carbonyl (C=O) groups excluding carboxylic acids is 1. The second-order valence-electron chi connectivity index (χ2n) is 8.80. The van der Waals surface area contributed by atoms with E-state index in [1.807, 2.05) is 0 Å². The SMILES string of the molecule is COC(=O)c1cc(OCCCCCCCCCCCCCCCC(C)C)ccc1O. The third-order valence-electron chi connectivity index (χ3n) is 5.57. The number of aromatic hydroxyl groups is 1. The highest BCUT2D eigenvalue weighted by molar-refractivity contribution is 5.92. The van der Waals surface area contributed by atoms with Gasteiger partial charge in [-0.3, -0.25) is 0 Å². The smallest absolute Gasteiger partial charge is 0.341 e. The molecule has 0 bridgehead atoms. The number of phenolic OH excluding ortho intramolecular Hbond substituents is 1. The highest BCUT2D eigenvalue weighted by Gasteiger charge is 2.12. The topological polar surface area (TPSA) is 55.8 Å². The van der Waals surface area contributed by atoms with Crippen LogP contribution >= 0.6 is 0 Å². The number of benzene rings is 1. The van der Waals surface area contributed by atoms with Crippen LogP contribution in [-0.4, -0.2) is 24.8 Å². The van der Waals surface area contributed by atoms with E-state index in [1.54, 1.807) is 6.07 Å². The lowest BCUT2D eigenvalue weighted by Gasteiger charge is -2.09. The van der Waals surface area contributed by atoms with E-state index < -0.39 is 5.97 Å². The number of hydrogen-bond donors (Lipinski definition) is 1. The van der Waals surface area contributed by atoms with Crippen molar-refractivity contribution in [2.75, 3.05) is 13.7 Å². The van der Waals surface area contributed by atoms with E-state index in [-0.39, 0.29) is 11.3 Å². The molecule has 0 atom stereocenters. The zero-order valence-electron chi connectivity index (χ0n) is 19.6. The molecule has 172 valence electrons. The Balaban J connectivity index is 1.91. The summed E-state index contributed by atoms with van der Waals surface area (Å²) in [6.45, 7) is 5.26. The molecule has 0 aliphatic rings. The van der Waals surface area contributed by atoms with Crippen LogP contribution in [0, 0.1) is 5.92 Å². The van der Waals surface area contributed by atoms with Gasteiger partial charge in [-0.05, 0) is 30.5 Å². The molecular weight excluding hydrogens is 376 g/mol. The zero-order chi connectivity index (χ0) is 22.0. The average molecular weight is 421 g/mol. The number of ether oxygens (including phenoxy) is 2. The van der Waals surface area contributed by atoms with Crippen LogP contribution in [0.25, 0.3) is 0 Å². The van der Waals surface area contributed by atoms with Crippen LogP contribution < -0.4 is 4.74 Å². The Morgan fingerprint density at radius 1 is 0.833 bits per heavy atom. The molecule has 0 aliphatic heterocycles. The van der Waals surface area contributed by atoms with E-state index in [4.69, 9.17) is 4.74 Å². The van der Waals surface area contributed by atoms with Crippen molar-refractivity contribution in [2.24, 2.45) is 5.92 Å². The van der Waals surface area contributed by atoms with Gasteiger partial charge in [-0.25, -0.2) is 4.79 Å². The first kappa shape index (κ1) is 26.3. The first-order valence-corrected chi connectivity index (χ1v) is 12.1. The molecule has 0 radical (unpaired) electrons. The van der Waals surface area contributed by atoms with Crippen molar-refractivity contribution < 1.29 is 19.4 Å². The normalized spacial score (nSPS) is 11.1. The van der Waals surface area contributed by atoms with Gasteiger partial charge in [-0.2, -0.15) is 0 Å². The molecule has 0 aromatic heterocycles. The predicted molar refractivity (Wildman–Crippen MR) is 124 cm³/mol. The minimum absolute atomic E-state index is 0.0872. The largest absolute Gasteiger partial charge is 0.507 e. The van der Waals surface area contributed by atoms with Gasteiger partial charge in [-0.15, -0.1) is 0 Å². The highest BCUT2D eigenvalue weighted by Crippen LogP contribution is 2.24. The summed E-state index contributed by atoms with van der Waals surface area (Å²) in [6.07, 6.45) is 18.7. The van der Waals surface area contributed by atoms with Crippen molar-refractivity contribution in [3.63, 3.8) is 0 Å².